The summed E-state index contributed by atoms with van der Waals surface area (Å²) in [5.74, 6) is 0.660. The monoisotopic (exact) mass is 647 g/mol. The lowest BCUT2D eigenvalue weighted by Gasteiger charge is -2.15. The number of aromatic nitrogens is 3. The van der Waals surface area contributed by atoms with E-state index in [2.05, 4.69) is 180 Å². The highest BCUT2D eigenvalue weighted by Gasteiger charge is 2.22. The second-order valence-corrected chi connectivity index (χ2v) is 13.4. The molecule has 0 atom stereocenters. The van der Waals surface area contributed by atoms with Gasteiger partial charge in [0.25, 0.3) is 0 Å². The Balaban J connectivity index is 1.29. The van der Waals surface area contributed by atoms with Crippen molar-refractivity contribution in [3.63, 3.8) is 0 Å². The van der Waals surface area contributed by atoms with Gasteiger partial charge in [-0.1, -0.05) is 152 Å². The first-order valence-electron chi connectivity index (χ1n) is 17.4. The molecule has 0 aliphatic heterocycles. The molecule has 2 aromatic heterocycles. The maximum Gasteiger partial charge on any atom is 0.235 e. The molecular formula is C48H29N3. The Labute approximate surface area is 293 Å². The summed E-state index contributed by atoms with van der Waals surface area (Å²) in [5, 5.41) is 13.3. The molecule has 11 aromatic rings. The van der Waals surface area contributed by atoms with Gasteiger partial charge in [0.1, 0.15) is 0 Å². The normalized spacial score (nSPS) is 11.9. The number of para-hydroxylation sites is 1. The molecule has 0 bridgehead atoms. The highest BCUT2D eigenvalue weighted by molar-refractivity contribution is 6.36. The van der Waals surface area contributed by atoms with Crippen LogP contribution in [0, 0.1) is 0 Å². The number of benzene rings is 9. The van der Waals surface area contributed by atoms with Crippen LogP contribution in [-0.2, 0) is 0 Å². The van der Waals surface area contributed by atoms with Gasteiger partial charge in [-0.15, -0.1) is 0 Å². The van der Waals surface area contributed by atoms with E-state index in [0.717, 1.165) is 38.8 Å². The predicted molar refractivity (Wildman–Crippen MR) is 215 cm³/mol. The second-order valence-electron chi connectivity index (χ2n) is 13.4. The summed E-state index contributed by atoms with van der Waals surface area (Å²) in [6, 6.07) is 63.1. The summed E-state index contributed by atoms with van der Waals surface area (Å²) in [7, 11) is 0. The molecule has 0 saturated carbocycles. The van der Waals surface area contributed by atoms with E-state index in [0.29, 0.717) is 5.95 Å². The molecule has 0 aliphatic rings. The van der Waals surface area contributed by atoms with Gasteiger partial charge in [-0.05, 0) is 67.7 Å². The molecule has 11 rings (SSSR count). The Hall–Kier alpha value is -6.84. The van der Waals surface area contributed by atoms with Gasteiger partial charge in [0, 0.05) is 32.5 Å². The van der Waals surface area contributed by atoms with Crippen LogP contribution in [0.25, 0.3) is 104 Å². The van der Waals surface area contributed by atoms with Crippen molar-refractivity contribution < 1.29 is 0 Å². The fraction of sp³-hybridized carbons (Fsp3) is 0. The van der Waals surface area contributed by atoms with E-state index in [1.54, 1.807) is 0 Å². The van der Waals surface area contributed by atoms with Gasteiger partial charge < -0.3 is 0 Å². The van der Waals surface area contributed by atoms with Crippen LogP contribution in [0.1, 0.15) is 0 Å². The van der Waals surface area contributed by atoms with Crippen molar-refractivity contribution in [3.8, 4) is 28.3 Å². The van der Waals surface area contributed by atoms with E-state index in [1.807, 2.05) is 0 Å². The van der Waals surface area contributed by atoms with Gasteiger partial charge in [0.05, 0.1) is 22.2 Å². The molecule has 51 heavy (non-hydrogen) atoms. The van der Waals surface area contributed by atoms with Crippen molar-refractivity contribution in [1.29, 1.82) is 0 Å². The smallest absolute Gasteiger partial charge is 0.235 e. The van der Waals surface area contributed by atoms with Gasteiger partial charge >= 0.3 is 0 Å². The van der Waals surface area contributed by atoms with Gasteiger partial charge in [0.2, 0.25) is 5.95 Å². The van der Waals surface area contributed by atoms with Gasteiger partial charge in [-0.3, -0.25) is 4.57 Å². The van der Waals surface area contributed by atoms with Crippen LogP contribution in [0.2, 0.25) is 0 Å². The van der Waals surface area contributed by atoms with Crippen molar-refractivity contribution in [2.24, 2.45) is 0 Å². The first-order valence-corrected chi connectivity index (χ1v) is 17.4. The topological polar surface area (TPSA) is 30.7 Å². The van der Waals surface area contributed by atoms with E-state index >= 15 is 0 Å². The second kappa shape index (κ2) is 10.8. The molecule has 0 N–H and O–H groups in total. The molecule has 2 heterocycles. The van der Waals surface area contributed by atoms with Gasteiger partial charge in [0.15, 0.2) is 0 Å². The van der Waals surface area contributed by atoms with Gasteiger partial charge in [-0.25, -0.2) is 9.97 Å². The molecule has 0 spiro atoms. The molecule has 9 aromatic carbocycles. The van der Waals surface area contributed by atoms with Crippen molar-refractivity contribution in [2.45, 2.75) is 0 Å². The summed E-state index contributed by atoms with van der Waals surface area (Å²) >= 11 is 0. The van der Waals surface area contributed by atoms with Gasteiger partial charge in [-0.2, -0.15) is 0 Å². The van der Waals surface area contributed by atoms with Crippen molar-refractivity contribution in [1.82, 2.24) is 14.5 Å². The lowest BCUT2D eigenvalue weighted by Crippen LogP contribution is -2.04. The van der Waals surface area contributed by atoms with Crippen LogP contribution in [-0.4, -0.2) is 14.5 Å². The van der Waals surface area contributed by atoms with Crippen molar-refractivity contribution in [3.05, 3.63) is 176 Å². The SMILES string of the molecule is c1ccc(-c2nc(-n3c4ccccc4c4c5c6ccccc6ccc5c5ccccc5c43)nc3cc(-c4ccc5ccccc5c4)ccc23)cc1. The third-order valence-electron chi connectivity index (χ3n) is 10.5. The van der Waals surface area contributed by atoms with E-state index in [4.69, 9.17) is 9.97 Å². The number of fused-ring (bicyclic) bond motifs is 12. The fourth-order valence-corrected chi connectivity index (χ4v) is 8.23. The van der Waals surface area contributed by atoms with E-state index in [1.165, 1.54) is 59.4 Å². The highest BCUT2D eigenvalue weighted by Crippen LogP contribution is 2.45. The number of nitrogens with zero attached hydrogens (tertiary/aromatic N) is 3. The highest BCUT2D eigenvalue weighted by atomic mass is 15.2. The lowest BCUT2D eigenvalue weighted by atomic mass is 9.93. The van der Waals surface area contributed by atoms with Crippen LogP contribution in [0.15, 0.2) is 176 Å². The summed E-state index contributed by atoms with van der Waals surface area (Å²) in [5.41, 5.74) is 7.39. The summed E-state index contributed by atoms with van der Waals surface area (Å²) in [6.45, 7) is 0. The maximum atomic E-state index is 5.46. The number of rotatable bonds is 3. The van der Waals surface area contributed by atoms with Crippen LogP contribution < -0.4 is 0 Å². The first-order chi connectivity index (χ1) is 25.3. The molecule has 236 valence electrons. The average molecular weight is 648 g/mol. The quantitative estimate of drug-likeness (QED) is 0.179. The average Bonchev–Trinajstić information content (AvgIpc) is 3.55. The van der Waals surface area contributed by atoms with E-state index in [9.17, 15) is 0 Å². The zero-order valence-corrected chi connectivity index (χ0v) is 27.6. The minimum atomic E-state index is 0.660. The zero-order chi connectivity index (χ0) is 33.5. The van der Waals surface area contributed by atoms with Crippen molar-refractivity contribution in [2.75, 3.05) is 0 Å². The van der Waals surface area contributed by atoms with E-state index < -0.39 is 0 Å². The number of hydrogen-bond donors (Lipinski definition) is 0. The molecule has 0 radical (unpaired) electrons. The Morgan fingerprint density at radius 1 is 0.353 bits per heavy atom. The minimum Gasteiger partial charge on any atom is -0.277 e. The Kier molecular flexibility index (Phi) is 5.96. The summed E-state index contributed by atoms with van der Waals surface area (Å²) in [4.78, 5) is 10.9. The third-order valence-corrected chi connectivity index (χ3v) is 10.5. The largest absolute Gasteiger partial charge is 0.277 e. The third kappa shape index (κ3) is 4.19. The Morgan fingerprint density at radius 2 is 0.980 bits per heavy atom. The van der Waals surface area contributed by atoms with Crippen molar-refractivity contribution >= 4 is 75.8 Å². The summed E-state index contributed by atoms with van der Waals surface area (Å²) in [6.07, 6.45) is 0. The number of hydrogen-bond acceptors (Lipinski definition) is 2. The fourth-order valence-electron chi connectivity index (χ4n) is 8.23. The molecular weight excluding hydrogens is 619 g/mol. The van der Waals surface area contributed by atoms with E-state index in [-0.39, 0.29) is 0 Å². The van der Waals surface area contributed by atoms with Crippen LogP contribution >= 0.6 is 0 Å². The predicted octanol–water partition coefficient (Wildman–Crippen LogP) is 12.7. The molecule has 0 aliphatic carbocycles. The molecule has 0 fully saturated rings. The summed E-state index contributed by atoms with van der Waals surface area (Å²) < 4.78 is 2.31. The zero-order valence-electron chi connectivity index (χ0n) is 27.6. The standard InChI is InChI=1S/C48H29N3/c1-2-14-32(15-3-1)46-40-27-25-35(34-23-22-30-12-4-5-16-33(30)28-34)29-42(40)49-48(50-46)51-43-21-11-10-20-41(43)45-44-36-17-7-6-13-31(36)24-26-38(44)37-18-8-9-19-39(37)47(45)51/h1-29H. The minimum absolute atomic E-state index is 0.660. The van der Waals surface area contributed by atoms with Crippen LogP contribution in [0.3, 0.4) is 0 Å². The molecule has 3 nitrogen and oxygen atoms in total. The first kappa shape index (κ1) is 28.0. The van der Waals surface area contributed by atoms with Crippen LogP contribution in [0.4, 0.5) is 0 Å². The maximum absolute atomic E-state index is 5.46. The molecule has 0 unspecified atom stereocenters. The Bertz CT molecular complexity index is 3190. The molecule has 0 amide bonds. The molecule has 3 heteroatoms. The lowest BCUT2D eigenvalue weighted by molar-refractivity contribution is 1.02. The Morgan fingerprint density at radius 3 is 1.84 bits per heavy atom. The molecule has 0 saturated heterocycles. The van der Waals surface area contributed by atoms with Crippen LogP contribution in [0.5, 0.6) is 0 Å².